The highest BCUT2D eigenvalue weighted by Gasteiger charge is 2.21. The first-order valence-corrected chi connectivity index (χ1v) is 6.36. The maximum Gasteiger partial charge on any atom is 0.303 e. The number of rotatable bonds is 5. The highest BCUT2D eigenvalue weighted by Crippen LogP contribution is 2.26. The second kappa shape index (κ2) is 5.31. The van der Waals surface area contributed by atoms with Gasteiger partial charge in [0.2, 0.25) is 0 Å². The molecular weight excluding hydrogens is 240 g/mol. The van der Waals surface area contributed by atoms with Crippen LogP contribution in [-0.4, -0.2) is 16.7 Å². The molecule has 0 amide bonds. The van der Waals surface area contributed by atoms with Crippen LogP contribution < -0.4 is 4.74 Å². The number of carboxylic acids is 1. The lowest BCUT2D eigenvalue weighted by atomic mass is 10.0. The Morgan fingerprint density at radius 3 is 2.53 bits per heavy atom. The van der Waals surface area contributed by atoms with E-state index in [0.717, 1.165) is 16.5 Å². The molecule has 0 unspecified atom stereocenters. The molecule has 0 aliphatic rings. The molecule has 0 spiro atoms. The maximum absolute atomic E-state index is 10.6. The summed E-state index contributed by atoms with van der Waals surface area (Å²) < 4.78 is 5.90. The SMILES string of the molecule is CC(C)(CCC(=O)O)Oc1ccc2ccccc2c1. The van der Waals surface area contributed by atoms with Gasteiger partial charge in [0, 0.05) is 6.42 Å². The summed E-state index contributed by atoms with van der Waals surface area (Å²) in [6.45, 7) is 3.82. The first-order chi connectivity index (χ1) is 8.96. The van der Waals surface area contributed by atoms with E-state index >= 15 is 0 Å². The fraction of sp³-hybridized carbons (Fsp3) is 0.312. The predicted molar refractivity (Wildman–Crippen MR) is 75.5 cm³/mol. The Kier molecular flexibility index (Phi) is 3.74. The highest BCUT2D eigenvalue weighted by atomic mass is 16.5. The van der Waals surface area contributed by atoms with Crippen LogP contribution in [0.15, 0.2) is 42.5 Å². The molecule has 2 aromatic rings. The van der Waals surface area contributed by atoms with Crippen molar-refractivity contribution in [3.05, 3.63) is 42.5 Å². The Balaban J connectivity index is 2.13. The van der Waals surface area contributed by atoms with Crippen LogP contribution in [0.3, 0.4) is 0 Å². The quantitative estimate of drug-likeness (QED) is 0.885. The summed E-state index contributed by atoms with van der Waals surface area (Å²) in [6, 6.07) is 14.0. The summed E-state index contributed by atoms with van der Waals surface area (Å²) in [5.41, 5.74) is -0.485. The van der Waals surface area contributed by atoms with Crippen LogP contribution in [0.25, 0.3) is 10.8 Å². The predicted octanol–water partition coefficient (Wildman–Crippen LogP) is 3.86. The van der Waals surface area contributed by atoms with Crippen molar-refractivity contribution in [2.45, 2.75) is 32.3 Å². The largest absolute Gasteiger partial charge is 0.488 e. The molecule has 0 radical (unpaired) electrons. The van der Waals surface area contributed by atoms with Gasteiger partial charge in [0.15, 0.2) is 0 Å². The average Bonchev–Trinajstić information content (AvgIpc) is 2.36. The summed E-state index contributed by atoms with van der Waals surface area (Å²) >= 11 is 0. The van der Waals surface area contributed by atoms with Gasteiger partial charge < -0.3 is 9.84 Å². The molecule has 3 nitrogen and oxygen atoms in total. The van der Waals surface area contributed by atoms with E-state index in [4.69, 9.17) is 9.84 Å². The molecule has 2 rings (SSSR count). The van der Waals surface area contributed by atoms with Crippen LogP contribution in [0.5, 0.6) is 5.75 Å². The van der Waals surface area contributed by atoms with E-state index in [1.165, 1.54) is 0 Å². The van der Waals surface area contributed by atoms with E-state index in [9.17, 15) is 4.79 Å². The zero-order chi connectivity index (χ0) is 13.9. The minimum Gasteiger partial charge on any atom is -0.488 e. The molecule has 0 saturated carbocycles. The molecule has 0 fully saturated rings. The Morgan fingerprint density at radius 1 is 1.16 bits per heavy atom. The van der Waals surface area contributed by atoms with Crippen LogP contribution in [0.1, 0.15) is 26.7 Å². The van der Waals surface area contributed by atoms with Gasteiger partial charge >= 0.3 is 5.97 Å². The number of carbonyl (C=O) groups is 1. The Hall–Kier alpha value is -2.03. The number of fused-ring (bicyclic) bond motifs is 1. The Labute approximate surface area is 112 Å². The molecule has 0 saturated heterocycles. The summed E-state index contributed by atoms with van der Waals surface area (Å²) in [4.78, 5) is 10.6. The molecule has 0 aromatic heterocycles. The van der Waals surface area contributed by atoms with Crippen LogP contribution in [0.2, 0.25) is 0 Å². The van der Waals surface area contributed by atoms with Crippen molar-refractivity contribution >= 4 is 16.7 Å². The average molecular weight is 258 g/mol. The van der Waals surface area contributed by atoms with Crippen molar-refractivity contribution in [3.8, 4) is 5.75 Å². The van der Waals surface area contributed by atoms with E-state index < -0.39 is 11.6 Å². The van der Waals surface area contributed by atoms with Crippen molar-refractivity contribution in [2.75, 3.05) is 0 Å². The van der Waals surface area contributed by atoms with Gasteiger partial charge in [0.25, 0.3) is 0 Å². The lowest BCUT2D eigenvalue weighted by Crippen LogP contribution is -2.29. The van der Waals surface area contributed by atoms with Crippen molar-refractivity contribution in [3.63, 3.8) is 0 Å². The number of ether oxygens (including phenoxy) is 1. The third kappa shape index (κ3) is 3.71. The van der Waals surface area contributed by atoms with Gasteiger partial charge in [-0.2, -0.15) is 0 Å². The van der Waals surface area contributed by atoms with Gasteiger partial charge in [-0.25, -0.2) is 0 Å². The fourth-order valence-electron chi connectivity index (χ4n) is 2.01. The second-order valence-corrected chi connectivity index (χ2v) is 5.26. The first kappa shape index (κ1) is 13.4. The van der Waals surface area contributed by atoms with Crippen LogP contribution in [0.4, 0.5) is 0 Å². The fourth-order valence-corrected chi connectivity index (χ4v) is 2.01. The lowest BCUT2D eigenvalue weighted by Gasteiger charge is -2.26. The molecule has 0 atom stereocenters. The standard InChI is InChI=1S/C16H18O3/c1-16(2,10-9-15(17)18)19-14-8-7-12-5-3-4-6-13(12)11-14/h3-8,11H,9-10H2,1-2H3,(H,17,18). The summed E-state index contributed by atoms with van der Waals surface area (Å²) in [6.07, 6.45) is 0.593. The molecule has 0 aliphatic heterocycles. The number of aliphatic carboxylic acids is 1. The number of hydrogen-bond acceptors (Lipinski definition) is 2. The van der Waals surface area contributed by atoms with Gasteiger partial charge in [-0.15, -0.1) is 0 Å². The normalized spacial score (nSPS) is 11.5. The summed E-state index contributed by atoms with van der Waals surface area (Å²) in [5, 5.41) is 11.0. The highest BCUT2D eigenvalue weighted by molar-refractivity contribution is 5.83. The monoisotopic (exact) mass is 258 g/mol. The van der Waals surface area contributed by atoms with E-state index in [2.05, 4.69) is 6.07 Å². The zero-order valence-corrected chi connectivity index (χ0v) is 11.2. The van der Waals surface area contributed by atoms with Gasteiger partial charge in [-0.1, -0.05) is 30.3 Å². The van der Waals surface area contributed by atoms with Crippen molar-refractivity contribution in [1.29, 1.82) is 0 Å². The van der Waals surface area contributed by atoms with Gasteiger partial charge in [-0.3, -0.25) is 4.79 Å². The minimum atomic E-state index is -0.796. The second-order valence-electron chi connectivity index (χ2n) is 5.26. The Bertz CT molecular complexity index is 587. The van der Waals surface area contributed by atoms with E-state index in [-0.39, 0.29) is 6.42 Å². The van der Waals surface area contributed by atoms with Crippen molar-refractivity contribution in [1.82, 2.24) is 0 Å². The third-order valence-corrected chi connectivity index (χ3v) is 3.06. The maximum atomic E-state index is 10.6. The molecule has 19 heavy (non-hydrogen) atoms. The molecule has 100 valence electrons. The molecule has 0 bridgehead atoms. The number of hydrogen-bond donors (Lipinski definition) is 1. The van der Waals surface area contributed by atoms with Gasteiger partial charge in [0.1, 0.15) is 11.4 Å². The smallest absolute Gasteiger partial charge is 0.303 e. The van der Waals surface area contributed by atoms with Gasteiger partial charge in [-0.05, 0) is 43.2 Å². The Morgan fingerprint density at radius 2 is 1.84 bits per heavy atom. The minimum absolute atomic E-state index is 0.112. The van der Waals surface area contributed by atoms with Gasteiger partial charge in [0.05, 0.1) is 0 Å². The zero-order valence-electron chi connectivity index (χ0n) is 11.2. The molecule has 0 aliphatic carbocycles. The van der Waals surface area contributed by atoms with Crippen LogP contribution in [0, 0.1) is 0 Å². The molecule has 0 heterocycles. The van der Waals surface area contributed by atoms with Crippen molar-refractivity contribution < 1.29 is 14.6 Å². The molecule has 2 aromatic carbocycles. The molecular formula is C16H18O3. The van der Waals surface area contributed by atoms with E-state index in [0.29, 0.717) is 6.42 Å². The molecule has 1 N–H and O–H groups in total. The molecule has 3 heteroatoms. The van der Waals surface area contributed by atoms with E-state index in [1.807, 2.05) is 50.2 Å². The van der Waals surface area contributed by atoms with E-state index in [1.54, 1.807) is 0 Å². The van der Waals surface area contributed by atoms with Crippen molar-refractivity contribution in [2.24, 2.45) is 0 Å². The van der Waals surface area contributed by atoms with Crippen LogP contribution >= 0.6 is 0 Å². The summed E-state index contributed by atoms with van der Waals surface area (Å²) in [5.74, 6) is -0.0238. The first-order valence-electron chi connectivity index (χ1n) is 6.36. The number of benzene rings is 2. The topological polar surface area (TPSA) is 46.5 Å². The summed E-state index contributed by atoms with van der Waals surface area (Å²) in [7, 11) is 0. The number of carboxylic acid groups (broad SMARTS) is 1. The third-order valence-electron chi connectivity index (χ3n) is 3.06. The lowest BCUT2D eigenvalue weighted by molar-refractivity contribution is -0.138. The van der Waals surface area contributed by atoms with Crippen LogP contribution in [-0.2, 0) is 4.79 Å².